The molecule has 0 fully saturated rings. The van der Waals surface area contributed by atoms with E-state index < -0.39 is 5.69 Å². The maximum Gasteiger partial charge on any atom is 0.332 e. The summed E-state index contributed by atoms with van der Waals surface area (Å²) in [5.41, 5.74) is 2.71. The third kappa shape index (κ3) is 3.99. The van der Waals surface area contributed by atoms with Gasteiger partial charge in [-0.2, -0.15) is 0 Å². The minimum atomic E-state index is -0.409. The van der Waals surface area contributed by atoms with Crippen molar-refractivity contribution in [2.45, 2.75) is 43.9 Å². The second-order valence-electron chi connectivity index (χ2n) is 8.19. The molecule has 0 saturated carbocycles. The monoisotopic (exact) mass is 452 g/mol. The van der Waals surface area contributed by atoms with E-state index in [0.29, 0.717) is 17.6 Å². The fraction of sp³-hybridized carbons (Fsp3) is 0.417. The number of rotatable bonds is 6. The standard InChI is InChI=1S/C24H28N4O3S/c1-4-5-9-17-14-25-22-20(23(30)27(3)24(31)26(22)2)21(17)32-15-19(29)28-13-8-11-16-10-6-7-12-18(16)28/h6-7,10,12,14H,4-5,8-9,11,13,15H2,1-3H3. The Morgan fingerprint density at radius 3 is 2.72 bits per heavy atom. The van der Waals surface area contributed by atoms with Gasteiger partial charge in [0.05, 0.1) is 11.1 Å². The molecule has 0 N–H and O–H groups in total. The summed E-state index contributed by atoms with van der Waals surface area (Å²) in [5.74, 6) is 0.244. The molecule has 32 heavy (non-hydrogen) atoms. The zero-order chi connectivity index (χ0) is 22.8. The zero-order valence-corrected chi connectivity index (χ0v) is 19.6. The molecular weight excluding hydrogens is 424 g/mol. The molecule has 7 nitrogen and oxygen atoms in total. The maximum atomic E-state index is 13.2. The number of fused-ring (bicyclic) bond motifs is 2. The molecule has 1 aliphatic heterocycles. The first-order chi connectivity index (χ1) is 15.4. The van der Waals surface area contributed by atoms with E-state index in [1.165, 1.54) is 28.9 Å². The van der Waals surface area contributed by atoms with Crippen LogP contribution in [0.5, 0.6) is 0 Å². The van der Waals surface area contributed by atoms with E-state index in [1.807, 2.05) is 23.1 Å². The summed E-state index contributed by atoms with van der Waals surface area (Å²) in [6, 6.07) is 8.04. The Hall–Kier alpha value is -2.87. The van der Waals surface area contributed by atoms with Crippen LogP contribution in [0.25, 0.3) is 11.0 Å². The highest BCUT2D eigenvalue weighted by molar-refractivity contribution is 8.00. The second-order valence-corrected chi connectivity index (χ2v) is 9.17. The molecule has 0 saturated heterocycles. The van der Waals surface area contributed by atoms with Gasteiger partial charge < -0.3 is 4.90 Å². The first-order valence-electron chi connectivity index (χ1n) is 11.0. The topological polar surface area (TPSA) is 77.2 Å². The molecule has 168 valence electrons. The highest BCUT2D eigenvalue weighted by Crippen LogP contribution is 2.32. The second kappa shape index (κ2) is 9.32. The van der Waals surface area contributed by atoms with Gasteiger partial charge in [0.15, 0.2) is 0 Å². The predicted octanol–water partition coefficient (Wildman–Crippen LogP) is 3.05. The van der Waals surface area contributed by atoms with Crippen LogP contribution in [0.1, 0.15) is 37.3 Å². The van der Waals surface area contributed by atoms with Crippen LogP contribution >= 0.6 is 11.8 Å². The molecule has 1 aromatic carbocycles. The van der Waals surface area contributed by atoms with Crippen molar-refractivity contribution in [1.82, 2.24) is 14.1 Å². The molecular formula is C24H28N4O3S. The summed E-state index contributed by atoms with van der Waals surface area (Å²) < 4.78 is 2.51. The Labute approximate surface area is 191 Å². The van der Waals surface area contributed by atoms with Gasteiger partial charge in [-0.25, -0.2) is 9.78 Å². The van der Waals surface area contributed by atoms with E-state index in [9.17, 15) is 14.4 Å². The highest BCUT2D eigenvalue weighted by Gasteiger charge is 2.24. The summed E-state index contributed by atoms with van der Waals surface area (Å²) >= 11 is 1.38. The van der Waals surface area contributed by atoms with Crippen molar-refractivity contribution < 1.29 is 4.79 Å². The molecule has 3 heterocycles. The lowest BCUT2D eigenvalue weighted by molar-refractivity contribution is -0.116. The van der Waals surface area contributed by atoms with E-state index in [2.05, 4.69) is 18.0 Å². The van der Waals surface area contributed by atoms with Crippen LogP contribution in [-0.2, 0) is 31.7 Å². The number of aromatic nitrogens is 3. The van der Waals surface area contributed by atoms with Crippen LogP contribution in [0.4, 0.5) is 5.69 Å². The van der Waals surface area contributed by atoms with Gasteiger partial charge in [0.1, 0.15) is 5.65 Å². The zero-order valence-electron chi connectivity index (χ0n) is 18.8. The first-order valence-corrected chi connectivity index (χ1v) is 12.0. The molecule has 0 spiro atoms. The smallest absolute Gasteiger partial charge is 0.311 e. The van der Waals surface area contributed by atoms with Crippen LogP contribution < -0.4 is 16.1 Å². The van der Waals surface area contributed by atoms with Crippen LogP contribution in [0.3, 0.4) is 0 Å². The molecule has 1 aliphatic rings. The number of amides is 1. The quantitative estimate of drug-likeness (QED) is 0.537. The van der Waals surface area contributed by atoms with Crippen LogP contribution in [0.15, 0.2) is 44.9 Å². The molecule has 1 amide bonds. The van der Waals surface area contributed by atoms with Crippen molar-refractivity contribution in [2.75, 3.05) is 17.2 Å². The van der Waals surface area contributed by atoms with Crippen molar-refractivity contribution in [1.29, 1.82) is 0 Å². The number of pyridine rings is 1. The Morgan fingerprint density at radius 2 is 1.94 bits per heavy atom. The number of anilines is 1. The molecule has 0 atom stereocenters. The van der Waals surface area contributed by atoms with Gasteiger partial charge in [0.2, 0.25) is 5.91 Å². The van der Waals surface area contributed by atoms with Crippen molar-refractivity contribution in [3.63, 3.8) is 0 Å². The number of hydrogen-bond acceptors (Lipinski definition) is 5. The fourth-order valence-electron chi connectivity index (χ4n) is 4.26. The number of aryl methyl sites for hydroxylation is 3. The molecule has 3 aromatic rings. The molecule has 0 bridgehead atoms. The van der Waals surface area contributed by atoms with Crippen LogP contribution in [-0.4, -0.2) is 32.3 Å². The number of hydrogen-bond donors (Lipinski definition) is 0. The number of carbonyl (C=O) groups is 1. The lowest BCUT2D eigenvalue weighted by Gasteiger charge is -2.29. The van der Waals surface area contributed by atoms with Gasteiger partial charge in [-0.15, -0.1) is 11.8 Å². The van der Waals surface area contributed by atoms with Gasteiger partial charge in [0.25, 0.3) is 5.56 Å². The number of unbranched alkanes of at least 4 members (excludes halogenated alkanes) is 1. The third-order valence-corrected chi connectivity index (χ3v) is 7.19. The van der Waals surface area contributed by atoms with E-state index in [1.54, 1.807) is 13.2 Å². The molecule has 0 radical (unpaired) electrons. The number of thioether (sulfide) groups is 1. The molecule has 0 unspecified atom stereocenters. The number of para-hydroxylation sites is 1. The van der Waals surface area contributed by atoms with E-state index in [4.69, 9.17) is 0 Å². The lowest BCUT2D eigenvalue weighted by atomic mass is 10.0. The first kappa shape index (κ1) is 22.3. The van der Waals surface area contributed by atoms with Gasteiger partial charge in [-0.1, -0.05) is 31.5 Å². The minimum Gasteiger partial charge on any atom is -0.311 e. The number of benzene rings is 1. The number of nitrogens with zero attached hydrogens (tertiary/aromatic N) is 4. The minimum absolute atomic E-state index is 0.0233. The molecule has 0 aliphatic carbocycles. The SMILES string of the molecule is CCCCc1cnc2c(c1SCC(=O)N1CCCc3ccccc31)c(=O)n(C)c(=O)n2C. The average molecular weight is 453 g/mol. The molecule has 4 rings (SSSR count). The van der Waals surface area contributed by atoms with Gasteiger partial charge in [0, 0.05) is 37.4 Å². The van der Waals surface area contributed by atoms with Crippen molar-refractivity contribution in [2.24, 2.45) is 14.1 Å². The summed E-state index contributed by atoms with van der Waals surface area (Å²) in [7, 11) is 3.10. The predicted molar refractivity (Wildman–Crippen MR) is 129 cm³/mol. The maximum absolute atomic E-state index is 13.2. The van der Waals surface area contributed by atoms with Gasteiger partial charge >= 0.3 is 5.69 Å². The summed E-state index contributed by atoms with van der Waals surface area (Å²) in [5, 5.41) is 0.417. The van der Waals surface area contributed by atoms with Crippen molar-refractivity contribution in [3.8, 4) is 0 Å². The Kier molecular flexibility index (Phi) is 6.50. The van der Waals surface area contributed by atoms with Crippen molar-refractivity contribution >= 4 is 34.4 Å². The average Bonchev–Trinajstić information content (AvgIpc) is 2.82. The lowest BCUT2D eigenvalue weighted by Crippen LogP contribution is -2.38. The summed E-state index contributed by atoms with van der Waals surface area (Å²) in [4.78, 5) is 45.7. The van der Waals surface area contributed by atoms with Crippen LogP contribution in [0, 0.1) is 0 Å². The van der Waals surface area contributed by atoms with E-state index in [0.717, 1.165) is 52.8 Å². The number of carbonyl (C=O) groups excluding carboxylic acids is 1. The molecule has 8 heteroatoms. The normalized spacial score (nSPS) is 13.4. The van der Waals surface area contributed by atoms with Gasteiger partial charge in [-0.3, -0.25) is 18.7 Å². The Morgan fingerprint density at radius 1 is 1.16 bits per heavy atom. The van der Waals surface area contributed by atoms with E-state index in [-0.39, 0.29) is 17.2 Å². The van der Waals surface area contributed by atoms with E-state index >= 15 is 0 Å². The largest absolute Gasteiger partial charge is 0.332 e. The Bertz CT molecular complexity index is 1290. The Balaban J connectivity index is 1.73. The highest BCUT2D eigenvalue weighted by atomic mass is 32.2. The third-order valence-electron chi connectivity index (χ3n) is 6.05. The van der Waals surface area contributed by atoms with Crippen LogP contribution in [0.2, 0.25) is 0 Å². The summed E-state index contributed by atoms with van der Waals surface area (Å²) in [6.07, 6.45) is 6.41. The van der Waals surface area contributed by atoms with Crippen molar-refractivity contribution in [3.05, 3.63) is 62.4 Å². The summed E-state index contributed by atoms with van der Waals surface area (Å²) in [6.45, 7) is 2.81. The van der Waals surface area contributed by atoms with Gasteiger partial charge in [-0.05, 0) is 42.9 Å². The molecule has 2 aromatic heterocycles. The fourth-order valence-corrected chi connectivity index (χ4v) is 5.34.